The van der Waals surface area contributed by atoms with Gasteiger partial charge in [-0.2, -0.15) is 0 Å². The number of nitrogens with zero attached hydrogens (tertiary/aromatic N) is 2. The minimum absolute atomic E-state index is 0.154. The van der Waals surface area contributed by atoms with Gasteiger partial charge in [0, 0.05) is 42.6 Å². The fourth-order valence-corrected chi connectivity index (χ4v) is 7.50. The summed E-state index contributed by atoms with van der Waals surface area (Å²) in [6, 6.07) is 9.81. The van der Waals surface area contributed by atoms with Crippen molar-refractivity contribution in [3.05, 3.63) is 64.7 Å². The number of allylic oxidation sites excluding steroid dienone is 1. The van der Waals surface area contributed by atoms with Crippen molar-refractivity contribution in [1.29, 1.82) is 0 Å². The zero-order valence-electron chi connectivity index (χ0n) is 29.6. The summed E-state index contributed by atoms with van der Waals surface area (Å²) in [6.07, 6.45) is 5.95. The lowest BCUT2D eigenvalue weighted by molar-refractivity contribution is -0.0949. The molecule has 0 unspecified atom stereocenters. The Morgan fingerprint density at radius 2 is 1.25 bits per heavy atom. The SMILES string of the molecule is COc1cccc(F)c1C=C1CC2(C1)CN(C(=O)OC(C)(C)C)C2.COc1cccc(F)c1CC1CC2(C1)CN(C(=O)OC(C)(C)C)C2. The largest absolute Gasteiger partial charge is 0.496 e. The minimum Gasteiger partial charge on any atom is -0.496 e. The van der Waals surface area contributed by atoms with E-state index in [2.05, 4.69) is 0 Å². The molecule has 2 aliphatic heterocycles. The highest BCUT2D eigenvalue weighted by atomic mass is 19.1. The smallest absolute Gasteiger partial charge is 0.410 e. The zero-order chi connectivity index (χ0) is 35.1. The highest BCUT2D eigenvalue weighted by Gasteiger charge is 2.54. The molecule has 0 aromatic heterocycles. The van der Waals surface area contributed by atoms with Crippen molar-refractivity contribution in [1.82, 2.24) is 9.80 Å². The van der Waals surface area contributed by atoms with Crippen molar-refractivity contribution in [3.63, 3.8) is 0 Å². The maximum absolute atomic E-state index is 14.0. The Morgan fingerprint density at radius 3 is 1.75 bits per heavy atom. The van der Waals surface area contributed by atoms with Gasteiger partial charge in [-0.3, -0.25) is 0 Å². The van der Waals surface area contributed by atoms with Gasteiger partial charge < -0.3 is 28.7 Å². The normalized spacial score (nSPS) is 20.3. The number of methoxy groups -OCH3 is 2. The number of carbonyl (C=O) groups is 2. The maximum Gasteiger partial charge on any atom is 0.410 e. The van der Waals surface area contributed by atoms with E-state index in [0.29, 0.717) is 48.1 Å². The summed E-state index contributed by atoms with van der Waals surface area (Å²) in [5.41, 5.74) is 1.83. The van der Waals surface area contributed by atoms with Crippen LogP contribution in [0.25, 0.3) is 6.08 Å². The lowest BCUT2D eigenvalue weighted by Gasteiger charge is -2.59. The van der Waals surface area contributed by atoms with E-state index in [4.69, 9.17) is 18.9 Å². The van der Waals surface area contributed by atoms with Gasteiger partial charge in [-0.25, -0.2) is 18.4 Å². The first kappa shape index (κ1) is 35.5. The van der Waals surface area contributed by atoms with Gasteiger partial charge >= 0.3 is 12.2 Å². The lowest BCUT2D eigenvalue weighted by atomic mass is 9.56. The zero-order valence-corrected chi connectivity index (χ0v) is 29.6. The summed E-state index contributed by atoms with van der Waals surface area (Å²) in [5.74, 6) is 1.16. The highest BCUT2D eigenvalue weighted by molar-refractivity contribution is 5.71. The number of hydrogen-bond donors (Lipinski definition) is 0. The molecule has 2 aromatic rings. The van der Waals surface area contributed by atoms with Crippen molar-refractivity contribution in [3.8, 4) is 11.5 Å². The molecule has 4 aliphatic rings. The van der Waals surface area contributed by atoms with Gasteiger partial charge in [0.05, 0.1) is 19.8 Å². The Kier molecular flexibility index (Phi) is 9.79. The Bertz CT molecular complexity index is 1530. The minimum atomic E-state index is -0.466. The van der Waals surface area contributed by atoms with Gasteiger partial charge in [0.2, 0.25) is 0 Å². The molecule has 0 N–H and O–H groups in total. The van der Waals surface area contributed by atoms with Crippen molar-refractivity contribution in [2.75, 3.05) is 40.4 Å². The van der Waals surface area contributed by atoms with Gasteiger partial charge in [0.1, 0.15) is 34.3 Å². The number of rotatable bonds is 5. The van der Waals surface area contributed by atoms with Crippen LogP contribution in [0.4, 0.5) is 18.4 Å². The van der Waals surface area contributed by atoms with Gasteiger partial charge in [-0.05, 0) is 110 Å². The third-order valence-electron chi connectivity index (χ3n) is 9.43. The van der Waals surface area contributed by atoms with E-state index in [9.17, 15) is 18.4 Å². The van der Waals surface area contributed by atoms with Gasteiger partial charge in [-0.15, -0.1) is 0 Å². The average molecular weight is 669 g/mol. The van der Waals surface area contributed by atoms with E-state index in [1.165, 1.54) is 17.7 Å². The number of carbonyl (C=O) groups excluding carboxylic acids is 2. The maximum atomic E-state index is 14.0. The van der Waals surface area contributed by atoms with Crippen LogP contribution in [0.5, 0.6) is 11.5 Å². The first-order valence-corrected chi connectivity index (χ1v) is 16.7. The molecule has 8 nitrogen and oxygen atoms in total. The van der Waals surface area contributed by atoms with E-state index >= 15 is 0 Å². The first-order chi connectivity index (χ1) is 22.4. The van der Waals surface area contributed by atoms with Crippen LogP contribution in [0.15, 0.2) is 42.0 Å². The molecular weight excluding hydrogens is 618 g/mol. The Balaban J connectivity index is 0.000000188. The highest BCUT2D eigenvalue weighted by Crippen LogP contribution is 2.54. The molecule has 2 heterocycles. The standard InChI is InChI=1S/C19H26FNO3.C19H24FNO3/c2*1-18(2,3)24-17(22)21-11-19(12-21)9-13(10-19)8-14-15(20)6-5-7-16(14)23-4/h5-7,13H,8-12H2,1-4H3;5-8H,9-12H2,1-4H3. The quantitative estimate of drug-likeness (QED) is 0.319. The second kappa shape index (κ2) is 13.2. The molecule has 2 aromatic carbocycles. The summed E-state index contributed by atoms with van der Waals surface area (Å²) < 4.78 is 49.3. The molecule has 0 bridgehead atoms. The Hall–Kier alpha value is -3.82. The van der Waals surface area contributed by atoms with Crippen LogP contribution in [0.2, 0.25) is 0 Å². The third-order valence-corrected chi connectivity index (χ3v) is 9.43. The molecule has 2 spiro atoms. The molecule has 0 atom stereocenters. The van der Waals surface area contributed by atoms with E-state index in [0.717, 1.165) is 38.8 Å². The first-order valence-electron chi connectivity index (χ1n) is 16.7. The van der Waals surface area contributed by atoms with Crippen LogP contribution in [0.1, 0.15) is 78.4 Å². The Morgan fingerprint density at radius 1 is 0.771 bits per heavy atom. The molecule has 2 aliphatic carbocycles. The second-order valence-corrected chi connectivity index (χ2v) is 16.1. The average Bonchev–Trinajstić information content (AvgIpc) is 2.89. The molecule has 48 heavy (non-hydrogen) atoms. The van der Waals surface area contributed by atoms with Crippen molar-refractivity contribution >= 4 is 18.3 Å². The molecule has 10 heteroatoms. The topological polar surface area (TPSA) is 77.5 Å². The van der Waals surface area contributed by atoms with Crippen molar-refractivity contribution in [2.24, 2.45) is 16.7 Å². The number of halogens is 2. The van der Waals surface area contributed by atoms with Gasteiger partial charge in [0.15, 0.2) is 0 Å². The van der Waals surface area contributed by atoms with E-state index < -0.39 is 11.2 Å². The van der Waals surface area contributed by atoms with Crippen molar-refractivity contribution < 1.29 is 37.3 Å². The summed E-state index contributed by atoms with van der Waals surface area (Å²) in [5, 5.41) is 0. The van der Waals surface area contributed by atoms with E-state index in [1.54, 1.807) is 48.3 Å². The van der Waals surface area contributed by atoms with Crippen molar-refractivity contribution in [2.45, 2.75) is 84.8 Å². The summed E-state index contributed by atoms with van der Waals surface area (Å²) in [4.78, 5) is 27.5. The molecule has 0 radical (unpaired) electrons. The predicted octanol–water partition coefficient (Wildman–Crippen LogP) is 8.27. The van der Waals surface area contributed by atoms with Crippen LogP contribution < -0.4 is 9.47 Å². The summed E-state index contributed by atoms with van der Waals surface area (Å²) in [6.45, 7) is 14.2. The van der Waals surface area contributed by atoms with Crippen LogP contribution in [0.3, 0.4) is 0 Å². The van der Waals surface area contributed by atoms with Gasteiger partial charge in [0.25, 0.3) is 0 Å². The second-order valence-electron chi connectivity index (χ2n) is 16.1. The fraction of sp³-hybridized carbons (Fsp3) is 0.579. The molecule has 2 saturated carbocycles. The molecule has 262 valence electrons. The monoisotopic (exact) mass is 668 g/mol. The number of benzene rings is 2. The van der Waals surface area contributed by atoms with E-state index in [-0.39, 0.29) is 34.7 Å². The number of amides is 2. The third kappa shape index (κ3) is 8.06. The van der Waals surface area contributed by atoms with E-state index in [1.807, 2.05) is 47.6 Å². The molecular formula is C38H50F2N2O6. The van der Waals surface area contributed by atoms with Crippen LogP contribution in [0, 0.1) is 28.4 Å². The lowest BCUT2D eigenvalue weighted by Crippen LogP contribution is -2.64. The van der Waals surface area contributed by atoms with Crippen LogP contribution in [-0.2, 0) is 15.9 Å². The molecule has 6 rings (SSSR count). The van der Waals surface area contributed by atoms with Gasteiger partial charge in [-0.1, -0.05) is 17.7 Å². The molecule has 2 saturated heterocycles. The van der Waals surface area contributed by atoms with Crippen LogP contribution >= 0.6 is 0 Å². The predicted molar refractivity (Wildman–Crippen MR) is 180 cm³/mol. The summed E-state index contributed by atoms with van der Waals surface area (Å²) in [7, 11) is 3.12. The Labute approximate surface area is 283 Å². The number of ether oxygens (including phenoxy) is 4. The fourth-order valence-electron chi connectivity index (χ4n) is 7.50. The number of likely N-dealkylation sites (tertiary alicyclic amines) is 2. The molecule has 4 fully saturated rings. The molecule has 2 amide bonds. The van der Waals surface area contributed by atoms with Crippen LogP contribution in [-0.4, -0.2) is 73.6 Å². The summed E-state index contributed by atoms with van der Waals surface area (Å²) >= 11 is 0. The number of hydrogen-bond acceptors (Lipinski definition) is 6.